The number of amides is 1. The van der Waals surface area contributed by atoms with Crippen LogP contribution in [0.15, 0.2) is 4.99 Å². The first kappa shape index (κ1) is 23.4. The van der Waals surface area contributed by atoms with Crippen molar-refractivity contribution in [1.82, 2.24) is 25.3 Å². The number of rotatable bonds is 8. The van der Waals surface area contributed by atoms with Gasteiger partial charge >= 0.3 is 0 Å². The molecule has 26 heavy (non-hydrogen) atoms. The number of likely N-dealkylation sites (N-methyl/N-ethyl adjacent to an activating group) is 1. The van der Waals surface area contributed by atoms with Gasteiger partial charge in [-0.15, -0.1) is 24.0 Å². The van der Waals surface area contributed by atoms with Crippen molar-refractivity contribution in [1.29, 1.82) is 0 Å². The lowest BCUT2D eigenvalue weighted by Crippen LogP contribution is -2.49. The lowest BCUT2D eigenvalue weighted by molar-refractivity contribution is -0.127. The van der Waals surface area contributed by atoms with Crippen molar-refractivity contribution < 1.29 is 4.79 Å². The summed E-state index contributed by atoms with van der Waals surface area (Å²) in [5.74, 6) is 1.19. The van der Waals surface area contributed by atoms with E-state index in [0.717, 1.165) is 84.1 Å². The zero-order valence-electron chi connectivity index (χ0n) is 16.7. The van der Waals surface area contributed by atoms with Gasteiger partial charge in [0.05, 0.1) is 6.54 Å². The first-order chi connectivity index (χ1) is 12.1. The van der Waals surface area contributed by atoms with E-state index in [4.69, 9.17) is 4.99 Å². The highest BCUT2D eigenvalue weighted by molar-refractivity contribution is 14.0. The Morgan fingerprint density at radius 2 is 1.92 bits per heavy atom. The lowest BCUT2D eigenvalue weighted by Gasteiger charge is -2.35. The van der Waals surface area contributed by atoms with E-state index < -0.39 is 0 Å². The molecule has 2 saturated heterocycles. The van der Waals surface area contributed by atoms with Gasteiger partial charge in [0.2, 0.25) is 5.91 Å². The molecule has 2 fully saturated rings. The van der Waals surface area contributed by atoms with Gasteiger partial charge in [-0.2, -0.15) is 0 Å². The van der Waals surface area contributed by atoms with Gasteiger partial charge in [-0.05, 0) is 33.7 Å². The van der Waals surface area contributed by atoms with Crippen LogP contribution in [-0.4, -0.2) is 98.6 Å². The molecule has 2 aliphatic rings. The summed E-state index contributed by atoms with van der Waals surface area (Å²) in [5, 5.41) is 6.72. The SMILES string of the molecule is CCNC(=NCC(C)N1CCN(C)CC1)NCCCN1CCCC1=O.I. The molecule has 7 nitrogen and oxygen atoms in total. The topological polar surface area (TPSA) is 63.2 Å². The molecule has 0 aliphatic carbocycles. The Balaban J connectivity index is 0.00000338. The Kier molecular flexibility index (Phi) is 11.5. The number of aliphatic imine (C=N–C) groups is 1. The second kappa shape index (κ2) is 12.7. The van der Waals surface area contributed by atoms with E-state index in [2.05, 4.69) is 41.3 Å². The van der Waals surface area contributed by atoms with Crippen LogP contribution in [0, 0.1) is 0 Å². The van der Waals surface area contributed by atoms with Crippen LogP contribution in [0.1, 0.15) is 33.1 Å². The highest BCUT2D eigenvalue weighted by atomic mass is 127. The van der Waals surface area contributed by atoms with Crippen molar-refractivity contribution in [3.8, 4) is 0 Å². The molecule has 2 N–H and O–H groups in total. The summed E-state index contributed by atoms with van der Waals surface area (Å²) < 4.78 is 0. The number of likely N-dealkylation sites (tertiary alicyclic amines) is 1. The predicted octanol–water partition coefficient (Wildman–Crippen LogP) is 0.808. The van der Waals surface area contributed by atoms with Crippen molar-refractivity contribution in [2.24, 2.45) is 4.99 Å². The number of nitrogens with one attached hydrogen (secondary N) is 2. The standard InChI is InChI=1S/C18H36N6O.HI/c1-4-19-18(20-8-6-10-24-9-5-7-17(24)25)21-15-16(2)23-13-11-22(3)12-14-23;/h16H,4-15H2,1-3H3,(H2,19,20,21);1H. The second-order valence-corrected chi connectivity index (χ2v) is 7.17. The van der Waals surface area contributed by atoms with E-state index in [0.29, 0.717) is 11.9 Å². The second-order valence-electron chi connectivity index (χ2n) is 7.17. The van der Waals surface area contributed by atoms with Gasteiger partial charge in [0.1, 0.15) is 0 Å². The molecule has 1 amide bonds. The molecule has 152 valence electrons. The number of carbonyl (C=O) groups is 1. The maximum absolute atomic E-state index is 11.6. The average molecular weight is 480 g/mol. The van der Waals surface area contributed by atoms with Gasteiger partial charge < -0.3 is 20.4 Å². The maximum atomic E-state index is 11.6. The quantitative estimate of drug-likeness (QED) is 0.233. The molecule has 0 aromatic rings. The fraction of sp³-hybridized carbons (Fsp3) is 0.889. The van der Waals surface area contributed by atoms with Crippen LogP contribution in [0.2, 0.25) is 0 Å². The van der Waals surface area contributed by atoms with Gasteiger partial charge in [0.15, 0.2) is 5.96 Å². The molecular weight excluding hydrogens is 443 g/mol. The molecule has 0 radical (unpaired) electrons. The molecule has 2 aliphatic heterocycles. The van der Waals surface area contributed by atoms with E-state index in [9.17, 15) is 4.79 Å². The molecule has 1 unspecified atom stereocenters. The first-order valence-corrected chi connectivity index (χ1v) is 9.82. The van der Waals surface area contributed by atoms with E-state index in [1.165, 1.54) is 0 Å². The smallest absolute Gasteiger partial charge is 0.222 e. The Morgan fingerprint density at radius 3 is 2.54 bits per heavy atom. The highest BCUT2D eigenvalue weighted by Crippen LogP contribution is 2.09. The molecule has 8 heteroatoms. The summed E-state index contributed by atoms with van der Waals surface area (Å²) >= 11 is 0. The van der Waals surface area contributed by atoms with Gasteiger partial charge in [-0.25, -0.2) is 0 Å². The van der Waals surface area contributed by atoms with Gasteiger partial charge in [-0.3, -0.25) is 14.7 Å². The molecule has 2 heterocycles. The third-order valence-electron chi connectivity index (χ3n) is 5.09. The predicted molar refractivity (Wildman–Crippen MR) is 118 cm³/mol. The molecule has 0 spiro atoms. The van der Waals surface area contributed by atoms with E-state index in [-0.39, 0.29) is 24.0 Å². The fourth-order valence-corrected chi connectivity index (χ4v) is 3.36. The van der Waals surface area contributed by atoms with Crippen molar-refractivity contribution in [3.63, 3.8) is 0 Å². The summed E-state index contributed by atoms with van der Waals surface area (Å²) in [7, 11) is 2.18. The summed E-state index contributed by atoms with van der Waals surface area (Å²) in [6.45, 7) is 13.2. The summed E-state index contributed by atoms with van der Waals surface area (Å²) in [4.78, 5) is 23.2. The summed E-state index contributed by atoms with van der Waals surface area (Å²) in [6.07, 6.45) is 2.70. The average Bonchev–Trinajstić information content (AvgIpc) is 3.01. The van der Waals surface area contributed by atoms with Crippen molar-refractivity contribution in [2.75, 3.05) is 66.0 Å². The summed E-state index contributed by atoms with van der Waals surface area (Å²) in [6, 6.07) is 0.464. The van der Waals surface area contributed by atoms with E-state index >= 15 is 0 Å². The van der Waals surface area contributed by atoms with Crippen molar-refractivity contribution in [3.05, 3.63) is 0 Å². The molecule has 0 aromatic heterocycles. The van der Waals surface area contributed by atoms with Crippen molar-refractivity contribution >= 4 is 35.8 Å². The summed E-state index contributed by atoms with van der Waals surface area (Å²) in [5.41, 5.74) is 0. The fourth-order valence-electron chi connectivity index (χ4n) is 3.36. The highest BCUT2D eigenvalue weighted by Gasteiger charge is 2.20. The van der Waals surface area contributed by atoms with Crippen LogP contribution >= 0.6 is 24.0 Å². The largest absolute Gasteiger partial charge is 0.357 e. The molecule has 0 bridgehead atoms. The van der Waals surface area contributed by atoms with Crippen LogP contribution in [-0.2, 0) is 4.79 Å². The minimum atomic E-state index is 0. The maximum Gasteiger partial charge on any atom is 0.222 e. The molecule has 1 atom stereocenters. The Morgan fingerprint density at radius 1 is 1.19 bits per heavy atom. The van der Waals surface area contributed by atoms with Gasteiger partial charge in [0, 0.05) is 64.8 Å². The number of hydrogen-bond acceptors (Lipinski definition) is 4. The Bertz CT molecular complexity index is 439. The minimum Gasteiger partial charge on any atom is -0.357 e. The number of carbonyl (C=O) groups excluding carboxylic acids is 1. The van der Waals surface area contributed by atoms with Gasteiger partial charge in [0.25, 0.3) is 0 Å². The third-order valence-corrected chi connectivity index (χ3v) is 5.09. The van der Waals surface area contributed by atoms with Crippen LogP contribution in [0.5, 0.6) is 0 Å². The van der Waals surface area contributed by atoms with Gasteiger partial charge in [-0.1, -0.05) is 0 Å². The van der Waals surface area contributed by atoms with E-state index in [1.54, 1.807) is 0 Å². The molecule has 2 rings (SSSR count). The van der Waals surface area contributed by atoms with Crippen molar-refractivity contribution in [2.45, 2.75) is 39.2 Å². The zero-order chi connectivity index (χ0) is 18.1. The van der Waals surface area contributed by atoms with Crippen LogP contribution in [0.25, 0.3) is 0 Å². The molecule has 0 saturated carbocycles. The van der Waals surface area contributed by atoms with Crippen LogP contribution in [0.3, 0.4) is 0 Å². The van der Waals surface area contributed by atoms with E-state index in [1.807, 2.05) is 4.90 Å². The number of halogens is 1. The Hall–Kier alpha value is -0.610. The van der Waals surface area contributed by atoms with Crippen LogP contribution < -0.4 is 10.6 Å². The zero-order valence-corrected chi connectivity index (χ0v) is 19.0. The number of guanidine groups is 1. The number of hydrogen-bond donors (Lipinski definition) is 2. The lowest BCUT2D eigenvalue weighted by atomic mass is 10.2. The number of piperazine rings is 1. The Labute approximate surface area is 176 Å². The first-order valence-electron chi connectivity index (χ1n) is 9.82. The normalized spacial score (nSPS) is 20.8. The third kappa shape index (κ3) is 7.96. The molecular formula is C18H37IN6O. The number of nitrogens with zero attached hydrogens (tertiary/aromatic N) is 4. The monoisotopic (exact) mass is 480 g/mol. The van der Waals surface area contributed by atoms with Crippen LogP contribution in [0.4, 0.5) is 0 Å². The minimum absolute atomic E-state index is 0. The molecule has 0 aromatic carbocycles.